The smallest absolute Gasteiger partial charge is 0.341 e. The number of aromatic nitrogens is 1. The summed E-state index contributed by atoms with van der Waals surface area (Å²) < 4.78 is 5.42. The van der Waals surface area contributed by atoms with Crippen LogP contribution in [0.5, 0.6) is 5.88 Å². The molecule has 0 aliphatic carbocycles. The maximum atomic E-state index is 11.0. The molecular weight excluding hydrogens is 220 g/mol. The summed E-state index contributed by atoms with van der Waals surface area (Å²) in [6, 6.07) is 1.36. The molecule has 0 fully saturated rings. The topological polar surface area (TPSA) is 85.4 Å². The van der Waals surface area contributed by atoms with Gasteiger partial charge in [0, 0.05) is 0 Å². The highest BCUT2D eigenvalue weighted by Gasteiger charge is 2.14. The highest BCUT2D eigenvalue weighted by molar-refractivity contribution is 5.91. The van der Waals surface area contributed by atoms with Gasteiger partial charge in [-0.15, -0.1) is 0 Å². The maximum absolute atomic E-state index is 11.0. The first-order valence-electron chi connectivity index (χ1n) is 5.66. The van der Waals surface area contributed by atoms with E-state index in [1.165, 1.54) is 12.3 Å². The summed E-state index contributed by atoms with van der Waals surface area (Å²) in [4.78, 5) is 14.9. The van der Waals surface area contributed by atoms with E-state index in [4.69, 9.17) is 15.6 Å². The van der Waals surface area contributed by atoms with Crippen LogP contribution in [0.2, 0.25) is 0 Å². The molecule has 1 aromatic rings. The van der Waals surface area contributed by atoms with E-state index in [1.54, 1.807) is 0 Å². The molecular formula is C12H18N2O3. The lowest BCUT2D eigenvalue weighted by molar-refractivity contribution is 0.0690. The van der Waals surface area contributed by atoms with Crippen LogP contribution < -0.4 is 10.5 Å². The van der Waals surface area contributed by atoms with Gasteiger partial charge in [-0.05, 0) is 18.4 Å². The zero-order chi connectivity index (χ0) is 12.8. The summed E-state index contributed by atoms with van der Waals surface area (Å²) in [5, 5.41) is 8.98. The van der Waals surface area contributed by atoms with Gasteiger partial charge in [0.05, 0.1) is 18.5 Å². The number of rotatable bonds is 6. The van der Waals surface area contributed by atoms with Gasteiger partial charge in [-0.25, -0.2) is 9.78 Å². The Labute approximate surface area is 101 Å². The molecule has 0 aromatic carbocycles. The molecule has 0 spiro atoms. The number of carboxylic acids is 1. The van der Waals surface area contributed by atoms with Crippen molar-refractivity contribution >= 4 is 11.7 Å². The third-order valence-corrected chi connectivity index (χ3v) is 2.39. The Kier molecular flexibility index (Phi) is 4.75. The second-order valence-corrected chi connectivity index (χ2v) is 4.13. The number of nitrogens with two attached hydrogens (primary N) is 1. The van der Waals surface area contributed by atoms with Crippen LogP contribution in [-0.2, 0) is 0 Å². The van der Waals surface area contributed by atoms with Crippen LogP contribution in [0.25, 0.3) is 0 Å². The van der Waals surface area contributed by atoms with E-state index < -0.39 is 5.97 Å². The second kappa shape index (κ2) is 6.08. The normalized spacial score (nSPS) is 12.1. The monoisotopic (exact) mass is 238 g/mol. The van der Waals surface area contributed by atoms with Crippen LogP contribution in [0.15, 0.2) is 12.3 Å². The van der Waals surface area contributed by atoms with Gasteiger partial charge in [0.2, 0.25) is 5.88 Å². The van der Waals surface area contributed by atoms with Gasteiger partial charge < -0.3 is 15.6 Å². The van der Waals surface area contributed by atoms with Crippen molar-refractivity contribution in [2.75, 3.05) is 12.3 Å². The van der Waals surface area contributed by atoms with Crippen molar-refractivity contribution in [2.45, 2.75) is 26.7 Å². The maximum Gasteiger partial charge on any atom is 0.341 e. The summed E-state index contributed by atoms with van der Waals surface area (Å²) in [7, 11) is 0. The predicted molar refractivity (Wildman–Crippen MR) is 65.2 cm³/mol. The molecule has 0 saturated carbocycles. The lowest BCUT2D eigenvalue weighted by Gasteiger charge is -2.12. The molecule has 1 unspecified atom stereocenters. The van der Waals surface area contributed by atoms with Crippen molar-refractivity contribution in [3.8, 4) is 5.88 Å². The lowest BCUT2D eigenvalue weighted by atomic mass is 10.1. The SMILES string of the molecule is CCCC(C)COc1ncc(N)cc1C(=O)O. The van der Waals surface area contributed by atoms with Gasteiger partial charge in [-0.2, -0.15) is 0 Å². The Morgan fingerprint density at radius 3 is 2.94 bits per heavy atom. The Bertz CT molecular complexity index is 393. The van der Waals surface area contributed by atoms with E-state index in [0.717, 1.165) is 12.8 Å². The molecule has 1 atom stereocenters. The van der Waals surface area contributed by atoms with Crippen molar-refractivity contribution in [3.05, 3.63) is 17.8 Å². The number of carbonyl (C=O) groups is 1. The highest BCUT2D eigenvalue weighted by Crippen LogP contribution is 2.19. The molecule has 1 aromatic heterocycles. The standard InChI is InChI=1S/C12H18N2O3/c1-3-4-8(2)7-17-11-10(12(15)16)5-9(13)6-14-11/h5-6,8H,3-4,7,13H2,1-2H3,(H,15,16). The minimum absolute atomic E-state index is 0.00805. The molecule has 0 aliphatic rings. The van der Waals surface area contributed by atoms with Crippen molar-refractivity contribution in [1.29, 1.82) is 0 Å². The lowest BCUT2D eigenvalue weighted by Crippen LogP contribution is -2.12. The van der Waals surface area contributed by atoms with Gasteiger partial charge in [0.1, 0.15) is 5.56 Å². The zero-order valence-corrected chi connectivity index (χ0v) is 10.1. The van der Waals surface area contributed by atoms with E-state index >= 15 is 0 Å². The Hall–Kier alpha value is -1.78. The quantitative estimate of drug-likeness (QED) is 0.793. The van der Waals surface area contributed by atoms with Crippen molar-refractivity contribution in [2.24, 2.45) is 5.92 Å². The van der Waals surface area contributed by atoms with Gasteiger partial charge in [-0.1, -0.05) is 20.3 Å². The molecule has 0 amide bonds. The third kappa shape index (κ3) is 3.94. The molecule has 0 saturated heterocycles. The average Bonchev–Trinajstić information content (AvgIpc) is 2.27. The van der Waals surface area contributed by atoms with Gasteiger partial charge >= 0.3 is 5.97 Å². The van der Waals surface area contributed by atoms with E-state index in [2.05, 4.69) is 18.8 Å². The van der Waals surface area contributed by atoms with Crippen LogP contribution >= 0.6 is 0 Å². The molecule has 3 N–H and O–H groups in total. The first kappa shape index (κ1) is 13.3. The predicted octanol–water partition coefficient (Wildman–Crippen LogP) is 2.18. The van der Waals surface area contributed by atoms with Gasteiger partial charge in [0.15, 0.2) is 0 Å². The van der Waals surface area contributed by atoms with E-state index in [-0.39, 0.29) is 11.4 Å². The molecule has 0 aliphatic heterocycles. The minimum atomic E-state index is -1.08. The number of hydrogen-bond donors (Lipinski definition) is 2. The number of nitrogens with zero attached hydrogens (tertiary/aromatic N) is 1. The first-order valence-corrected chi connectivity index (χ1v) is 5.66. The number of nitrogen functional groups attached to an aromatic ring is 1. The Morgan fingerprint density at radius 1 is 1.65 bits per heavy atom. The summed E-state index contributed by atoms with van der Waals surface area (Å²) in [6.45, 7) is 4.62. The number of pyridine rings is 1. The van der Waals surface area contributed by atoms with E-state index in [9.17, 15) is 4.79 Å². The fraction of sp³-hybridized carbons (Fsp3) is 0.500. The Morgan fingerprint density at radius 2 is 2.35 bits per heavy atom. The second-order valence-electron chi connectivity index (χ2n) is 4.13. The van der Waals surface area contributed by atoms with E-state index in [1.807, 2.05) is 0 Å². The molecule has 0 radical (unpaired) electrons. The summed E-state index contributed by atoms with van der Waals surface area (Å²) in [5.74, 6) is -0.571. The average molecular weight is 238 g/mol. The van der Waals surface area contributed by atoms with Crippen LogP contribution in [0.4, 0.5) is 5.69 Å². The molecule has 1 rings (SSSR count). The Balaban J connectivity index is 2.73. The molecule has 5 nitrogen and oxygen atoms in total. The summed E-state index contributed by atoms with van der Waals surface area (Å²) in [6.07, 6.45) is 3.51. The first-order chi connectivity index (χ1) is 8.04. The zero-order valence-electron chi connectivity index (χ0n) is 10.1. The van der Waals surface area contributed by atoms with Crippen molar-refractivity contribution in [1.82, 2.24) is 4.98 Å². The molecule has 17 heavy (non-hydrogen) atoms. The van der Waals surface area contributed by atoms with Crippen LogP contribution in [0.1, 0.15) is 37.0 Å². The van der Waals surface area contributed by atoms with Gasteiger partial charge in [-0.3, -0.25) is 0 Å². The molecule has 1 heterocycles. The highest BCUT2D eigenvalue weighted by atomic mass is 16.5. The fourth-order valence-electron chi connectivity index (χ4n) is 1.53. The molecule has 5 heteroatoms. The summed E-state index contributed by atoms with van der Waals surface area (Å²) in [5.41, 5.74) is 5.81. The minimum Gasteiger partial charge on any atom is -0.477 e. The van der Waals surface area contributed by atoms with Crippen molar-refractivity contribution < 1.29 is 14.6 Å². The number of hydrogen-bond acceptors (Lipinski definition) is 4. The van der Waals surface area contributed by atoms with E-state index in [0.29, 0.717) is 18.2 Å². The largest absolute Gasteiger partial charge is 0.477 e. The van der Waals surface area contributed by atoms with Crippen LogP contribution in [-0.4, -0.2) is 22.7 Å². The molecule has 0 bridgehead atoms. The number of ether oxygens (including phenoxy) is 1. The van der Waals surface area contributed by atoms with Crippen LogP contribution in [0.3, 0.4) is 0 Å². The van der Waals surface area contributed by atoms with Crippen LogP contribution in [0, 0.1) is 5.92 Å². The fourth-order valence-corrected chi connectivity index (χ4v) is 1.53. The van der Waals surface area contributed by atoms with Crippen molar-refractivity contribution in [3.63, 3.8) is 0 Å². The van der Waals surface area contributed by atoms with Gasteiger partial charge in [0.25, 0.3) is 0 Å². The third-order valence-electron chi connectivity index (χ3n) is 2.39. The number of carboxylic acid groups (broad SMARTS) is 1. The molecule has 94 valence electrons. The number of anilines is 1. The summed E-state index contributed by atoms with van der Waals surface area (Å²) >= 11 is 0. The number of aromatic carboxylic acids is 1.